The van der Waals surface area contributed by atoms with Crippen molar-refractivity contribution in [3.63, 3.8) is 0 Å². The van der Waals surface area contributed by atoms with Crippen molar-refractivity contribution in [2.45, 2.75) is 46.1 Å². The van der Waals surface area contributed by atoms with Crippen molar-refractivity contribution in [3.8, 4) is 5.75 Å². The fourth-order valence-electron chi connectivity index (χ4n) is 1.75. The van der Waals surface area contributed by atoms with E-state index in [-0.39, 0.29) is 18.1 Å². The number of ether oxygens (including phenoxy) is 1. The summed E-state index contributed by atoms with van der Waals surface area (Å²) in [5.74, 6) is -1.78. The second kappa shape index (κ2) is 8.33. The fourth-order valence-corrected chi connectivity index (χ4v) is 1.75. The topological polar surface area (TPSA) is 96.5 Å². The van der Waals surface area contributed by atoms with E-state index in [4.69, 9.17) is 4.74 Å². The molecule has 24 heavy (non-hydrogen) atoms. The highest BCUT2D eigenvalue weighted by atomic mass is 16.5. The molecule has 1 aromatic rings. The Kier molecular flexibility index (Phi) is 6.76. The van der Waals surface area contributed by atoms with Gasteiger partial charge in [0.2, 0.25) is 0 Å². The highest BCUT2D eigenvalue weighted by molar-refractivity contribution is 6.35. The number of nitrogens with one attached hydrogen (secondary N) is 3. The zero-order valence-electron chi connectivity index (χ0n) is 14.7. The predicted molar refractivity (Wildman–Crippen MR) is 90.2 cm³/mol. The quantitative estimate of drug-likeness (QED) is 0.566. The molecule has 0 saturated heterocycles. The summed E-state index contributed by atoms with van der Waals surface area (Å²) >= 11 is 0. The Hall–Kier alpha value is -2.57. The van der Waals surface area contributed by atoms with Gasteiger partial charge >= 0.3 is 11.8 Å². The zero-order chi connectivity index (χ0) is 18.3. The molecule has 0 bridgehead atoms. The lowest BCUT2D eigenvalue weighted by atomic mass is 9.87. The lowest BCUT2D eigenvalue weighted by molar-refractivity contribution is -0.141. The van der Waals surface area contributed by atoms with Crippen LogP contribution in [0.15, 0.2) is 24.3 Å². The summed E-state index contributed by atoms with van der Waals surface area (Å²) in [5, 5.41) is 2.41. The first-order valence-electron chi connectivity index (χ1n) is 7.72. The molecule has 0 saturated carbocycles. The van der Waals surface area contributed by atoms with E-state index >= 15 is 0 Å². The molecule has 0 unspecified atom stereocenters. The number of amides is 3. The van der Waals surface area contributed by atoms with Crippen molar-refractivity contribution in [3.05, 3.63) is 29.8 Å². The van der Waals surface area contributed by atoms with Crippen molar-refractivity contribution in [2.75, 3.05) is 6.61 Å². The summed E-state index contributed by atoms with van der Waals surface area (Å²) in [6.07, 6.45) is 0. The molecule has 3 amide bonds. The van der Waals surface area contributed by atoms with Gasteiger partial charge in [-0.2, -0.15) is 0 Å². The fraction of sp³-hybridized carbons (Fsp3) is 0.471. The Morgan fingerprint density at radius 1 is 1.00 bits per heavy atom. The van der Waals surface area contributed by atoms with Crippen LogP contribution in [0.3, 0.4) is 0 Å². The molecule has 0 fully saturated rings. The van der Waals surface area contributed by atoms with Crippen LogP contribution in [-0.4, -0.2) is 30.4 Å². The van der Waals surface area contributed by atoms with Crippen LogP contribution in [-0.2, 0) is 19.8 Å². The van der Waals surface area contributed by atoms with Crippen molar-refractivity contribution in [2.24, 2.45) is 0 Å². The summed E-state index contributed by atoms with van der Waals surface area (Å²) in [6, 6.07) is 7.26. The van der Waals surface area contributed by atoms with Crippen molar-refractivity contribution < 1.29 is 19.1 Å². The minimum atomic E-state index is -0.938. The maximum Gasteiger partial charge on any atom is 0.327 e. The van der Waals surface area contributed by atoms with E-state index in [0.717, 1.165) is 5.56 Å². The minimum absolute atomic E-state index is 0.0384. The molecular formula is C17H25N3O4. The van der Waals surface area contributed by atoms with E-state index in [9.17, 15) is 14.4 Å². The predicted octanol–water partition coefficient (Wildman–Crippen LogP) is 1.03. The first-order valence-corrected chi connectivity index (χ1v) is 7.72. The molecule has 0 aliphatic rings. The number of hydrogen-bond acceptors (Lipinski definition) is 4. The van der Waals surface area contributed by atoms with Crippen molar-refractivity contribution in [1.29, 1.82) is 0 Å². The molecule has 0 aliphatic carbocycles. The molecule has 0 heterocycles. The Labute approximate surface area is 142 Å². The average molecular weight is 335 g/mol. The SMILES string of the molecule is CC(C)NC(=O)C(=O)NNC(=O)COc1ccc(C(C)(C)C)cc1. The smallest absolute Gasteiger partial charge is 0.327 e. The van der Waals surface area contributed by atoms with Crippen LogP contribution in [0.4, 0.5) is 0 Å². The second-order valence-corrected chi connectivity index (χ2v) is 6.69. The molecule has 3 N–H and O–H groups in total. The van der Waals surface area contributed by atoms with Gasteiger partial charge < -0.3 is 10.1 Å². The third kappa shape index (κ3) is 6.68. The zero-order valence-corrected chi connectivity index (χ0v) is 14.7. The molecule has 0 atom stereocenters. The summed E-state index contributed by atoms with van der Waals surface area (Å²) < 4.78 is 5.33. The van der Waals surface area contributed by atoms with Crippen LogP contribution in [0.2, 0.25) is 0 Å². The third-order valence-corrected chi connectivity index (χ3v) is 3.03. The van der Waals surface area contributed by atoms with Gasteiger partial charge in [-0.05, 0) is 37.0 Å². The second-order valence-electron chi connectivity index (χ2n) is 6.69. The van der Waals surface area contributed by atoms with Crippen LogP contribution >= 0.6 is 0 Å². The molecule has 1 rings (SSSR count). The maximum absolute atomic E-state index is 11.6. The number of benzene rings is 1. The Balaban J connectivity index is 2.39. The molecule has 0 radical (unpaired) electrons. The van der Waals surface area contributed by atoms with Gasteiger partial charge in [-0.3, -0.25) is 25.2 Å². The summed E-state index contributed by atoms with van der Waals surface area (Å²) in [4.78, 5) is 34.4. The van der Waals surface area contributed by atoms with Crippen molar-refractivity contribution in [1.82, 2.24) is 16.2 Å². The molecule has 0 aromatic heterocycles. The molecular weight excluding hydrogens is 310 g/mol. The summed E-state index contributed by atoms with van der Waals surface area (Å²) in [5.41, 5.74) is 5.33. The van der Waals surface area contributed by atoms with E-state index in [1.54, 1.807) is 26.0 Å². The van der Waals surface area contributed by atoms with Crippen LogP contribution < -0.4 is 20.9 Å². The first-order chi connectivity index (χ1) is 11.1. The van der Waals surface area contributed by atoms with Crippen LogP contribution in [0, 0.1) is 0 Å². The summed E-state index contributed by atoms with van der Waals surface area (Å²) in [7, 11) is 0. The monoisotopic (exact) mass is 335 g/mol. The van der Waals surface area contributed by atoms with Crippen LogP contribution in [0.1, 0.15) is 40.2 Å². The van der Waals surface area contributed by atoms with E-state index in [2.05, 4.69) is 31.5 Å². The maximum atomic E-state index is 11.6. The number of hydrazine groups is 1. The van der Waals surface area contributed by atoms with Crippen LogP contribution in [0.5, 0.6) is 5.75 Å². The highest BCUT2D eigenvalue weighted by Crippen LogP contribution is 2.24. The van der Waals surface area contributed by atoms with Gasteiger partial charge in [0.1, 0.15) is 5.75 Å². The molecule has 132 valence electrons. The number of carbonyl (C=O) groups excluding carboxylic acids is 3. The first kappa shape index (κ1) is 19.5. The third-order valence-electron chi connectivity index (χ3n) is 3.03. The van der Waals surface area contributed by atoms with E-state index < -0.39 is 17.7 Å². The van der Waals surface area contributed by atoms with Gasteiger partial charge in [-0.1, -0.05) is 32.9 Å². The van der Waals surface area contributed by atoms with E-state index in [0.29, 0.717) is 5.75 Å². The van der Waals surface area contributed by atoms with Gasteiger partial charge in [0, 0.05) is 6.04 Å². The Morgan fingerprint density at radius 3 is 2.08 bits per heavy atom. The minimum Gasteiger partial charge on any atom is -0.484 e. The molecule has 7 nitrogen and oxygen atoms in total. The van der Waals surface area contributed by atoms with Gasteiger partial charge in [0.05, 0.1) is 0 Å². The standard InChI is InChI=1S/C17H25N3O4/c1-11(2)18-15(22)16(23)20-19-14(21)10-24-13-8-6-12(7-9-13)17(3,4)5/h6-9,11H,10H2,1-5H3,(H,18,22)(H,19,21)(H,20,23). The lowest BCUT2D eigenvalue weighted by Gasteiger charge is -2.19. The summed E-state index contributed by atoms with van der Waals surface area (Å²) in [6.45, 7) is 9.49. The Morgan fingerprint density at radius 2 is 1.58 bits per heavy atom. The molecule has 0 spiro atoms. The van der Waals surface area contributed by atoms with Gasteiger partial charge in [-0.15, -0.1) is 0 Å². The molecule has 1 aromatic carbocycles. The van der Waals surface area contributed by atoms with E-state index in [1.165, 1.54) is 0 Å². The highest BCUT2D eigenvalue weighted by Gasteiger charge is 2.15. The van der Waals surface area contributed by atoms with Crippen molar-refractivity contribution >= 4 is 17.7 Å². The van der Waals surface area contributed by atoms with Gasteiger partial charge in [0.15, 0.2) is 6.61 Å². The largest absolute Gasteiger partial charge is 0.484 e. The normalized spacial score (nSPS) is 10.9. The Bertz CT molecular complexity index is 589. The number of carbonyl (C=O) groups is 3. The van der Waals surface area contributed by atoms with Gasteiger partial charge in [-0.25, -0.2) is 0 Å². The van der Waals surface area contributed by atoms with E-state index in [1.807, 2.05) is 17.6 Å². The average Bonchev–Trinajstić information content (AvgIpc) is 2.49. The van der Waals surface area contributed by atoms with Gasteiger partial charge in [0.25, 0.3) is 5.91 Å². The number of hydrogen-bond donors (Lipinski definition) is 3. The number of rotatable bonds is 4. The van der Waals surface area contributed by atoms with Crippen LogP contribution in [0.25, 0.3) is 0 Å². The lowest BCUT2D eigenvalue weighted by Crippen LogP contribution is -2.50. The molecule has 7 heteroatoms. The molecule has 0 aliphatic heterocycles.